The first-order valence-corrected chi connectivity index (χ1v) is 8.80. The van der Waals surface area contributed by atoms with Crippen molar-refractivity contribution in [3.05, 3.63) is 12.5 Å². The van der Waals surface area contributed by atoms with Crippen LogP contribution in [-0.2, 0) is 15.1 Å². The number of alkyl carbamates (subject to hydrolysis) is 1. The zero-order valence-electron chi connectivity index (χ0n) is 16.8. The van der Waals surface area contributed by atoms with Crippen molar-refractivity contribution in [2.45, 2.75) is 72.1 Å². The first kappa shape index (κ1) is 22.0. The molecule has 0 bridgehead atoms. The maximum absolute atomic E-state index is 12.6. The van der Waals surface area contributed by atoms with E-state index in [0.29, 0.717) is 12.2 Å². The van der Waals surface area contributed by atoms with E-state index in [2.05, 4.69) is 15.6 Å². The number of amides is 2. The Hall–Kier alpha value is -2.09. The fraction of sp³-hybridized carbons (Fsp3) is 0.722. The summed E-state index contributed by atoms with van der Waals surface area (Å²) in [5, 5.41) is 14.8. The van der Waals surface area contributed by atoms with Crippen LogP contribution in [0.3, 0.4) is 0 Å². The lowest BCUT2D eigenvalue weighted by molar-refractivity contribution is -0.118. The molecule has 0 aliphatic carbocycles. The summed E-state index contributed by atoms with van der Waals surface area (Å²) in [6.45, 7) is 12.9. The van der Waals surface area contributed by atoms with Crippen molar-refractivity contribution in [1.82, 2.24) is 14.9 Å². The molecule has 0 aromatic carbocycles. The van der Waals surface area contributed by atoms with Crippen molar-refractivity contribution < 1.29 is 19.4 Å². The summed E-state index contributed by atoms with van der Waals surface area (Å²) < 4.78 is 6.96. The maximum Gasteiger partial charge on any atom is 0.408 e. The van der Waals surface area contributed by atoms with Crippen molar-refractivity contribution >= 4 is 17.8 Å². The third kappa shape index (κ3) is 7.03. The summed E-state index contributed by atoms with van der Waals surface area (Å²) >= 11 is 0. The Balaban J connectivity index is 2.82. The molecule has 3 N–H and O–H groups in total. The molecule has 1 heterocycles. The van der Waals surface area contributed by atoms with Gasteiger partial charge in [-0.1, -0.05) is 13.8 Å². The molecule has 0 aliphatic rings. The normalized spacial score (nSPS) is 13.4. The average Bonchev–Trinajstić information content (AvgIpc) is 2.93. The van der Waals surface area contributed by atoms with Crippen LogP contribution in [0.4, 0.5) is 10.6 Å². The van der Waals surface area contributed by atoms with Crippen LogP contribution < -0.4 is 10.6 Å². The van der Waals surface area contributed by atoms with Crippen molar-refractivity contribution in [3.8, 4) is 0 Å². The molecule has 1 rings (SSSR count). The molecule has 8 nitrogen and oxygen atoms in total. The summed E-state index contributed by atoms with van der Waals surface area (Å²) in [6, 6.07) is -0.735. The molecule has 8 heteroatoms. The molecule has 0 spiro atoms. The third-order valence-corrected chi connectivity index (χ3v) is 3.63. The quantitative estimate of drug-likeness (QED) is 0.686. The second kappa shape index (κ2) is 8.53. The number of rotatable bonds is 7. The number of nitrogens with one attached hydrogen (secondary N) is 2. The predicted molar refractivity (Wildman–Crippen MR) is 99.9 cm³/mol. The standard InChI is InChI=1S/C18H32N4O4/c1-12(2)8-13(20-16(25)26-17(3,4)5)15(24)21-14-9-22(11-19-14)18(6,7)10-23/h9,11-13,23H,8,10H2,1-7H3,(H,20,25)(H,21,24)/t13-/m1/s1. The van der Waals surface area contributed by atoms with Gasteiger partial charge in [0.05, 0.1) is 18.5 Å². The lowest BCUT2D eigenvalue weighted by atomic mass is 10.0. The lowest BCUT2D eigenvalue weighted by Crippen LogP contribution is -2.46. The number of ether oxygens (including phenoxy) is 1. The fourth-order valence-electron chi connectivity index (χ4n) is 2.17. The van der Waals surface area contributed by atoms with Gasteiger partial charge in [-0.25, -0.2) is 9.78 Å². The summed E-state index contributed by atoms with van der Waals surface area (Å²) in [4.78, 5) is 28.8. The Morgan fingerprint density at radius 1 is 1.27 bits per heavy atom. The number of aliphatic hydroxyl groups is 1. The van der Waals surface area contributed by atoms with Crippen LogP contribution in [-0.4, -0.2) is 44.9 Å². The molecule has 1 atom stereocenters. The van der Waals surface area contributed by atoms with Crippen LogP contribution in [0.2, 0.25) is 0 Å². The summed E-state index contributed by atoms with van der Waals surface area (Å²) in [5.74, 6) is 0.194. The van der Waals surface area contributed by atoms with E-state index in [1.54, 1.807) is 37.9 Å². The molecule has 0 aliphatic heterocycles. The van der Waals surface area contributed by atoms with E-state index in [9.17, 15) is 14.7 Å². The monoisotopic (exact) mass is 368 g/mol. The van der Waals surface area contributed by atoms with Crippen molar-refractivity contribution in [2.24, 2.45) is 5.92 Å². The van der Waals surface area contributed by atoms with Crippen molar-refractivity contribution in [2.75, 3.05) is 11.9 Å². The van der Waals surface area contributed by atoms with Gasteiger partial charge in [0.2, 0.25) is 5.91 Å². The number of carbonyl (C=O) groups excluding carboxylic acids is 2. The summed E-state index contributed by atoms with van der Waals surface area (Å²) in [6.07, 6.45) is 3.03. The molecule has 0 radical (unpaired) electrons. The van der Waals surface area contributed by atoms with Crippen LogP contribution in [0.25, 0.3) is 0 Å². The molecule has 1 aromatic rings. The van der Waals surface area contributed by atoms with Gasteiger partial charge in [0.1, 0.15) is 11.6 Å². The number of hydrogen-bond acceptors (Lipinski definition) is 5. The number of anilines is 1. The van der Waals surface area contributed by atoms with Crippen molar-refractivity contribution in [3.63, 3.8) is 0 Å². The van der Waals surface area contributed by atoms with Gasteiger partial charge in [-0.15, -0.1) is 0 Å². The number of hydrogen-bond donors (Lipinski definition) is 3. The second-order valence-electron chi connectivity index (χ2n) is 8.45. The Bertz CT molecular complexity index is 617. The largest absolute Gasteiger partial charge is 0.444 e. The van der Waals surface area contributed by atoms with E-state index in [1.165, 1.54) is 0 Å². The zero-order chi connectivity index (χ0) is 20.1. The van der Waals surface area contributed by atoms with Gasteiger partial charge in [-0.05, 0) is 47.0 Å². The van der Waals surface area contributed by atoms with E-state index < -0.39 is 23.3 Å². The number of aromatic nitrogens is 2. The van der Waals surface area contributed by atoms with E-state index in [4.69, 9.17) is 4.74 Å². The third-order valence-electron chi connectivity index (χ3n) is 3.63. The Labute approximate surface area is 155 Å². The molecule has 0 saturated heterocycles. The summed E-state index contributed by atoms with van der Waals surface area (Å²) in [5.41, 5.74) is -1.17. The summed E-state index contributed by atoms with van der Waals surface area (Å²) in [7, 11) is 0. The van der Waals surface area contributed by atoms with E-state index in [0.717, 1.165) is 0 Å². The van der Waals surface area contributed by atoms with Gasteiger partial charge < -0.3 is 25.0 Å². The lowest BCUT2D eigenvalue weighted by Gasteiger charge is -2.24. The van der Waals surface area contributed by atoms with Gasteiger partial charge >= 0.3 is 6.09 Å². The zero-order valence-corrected chi connectivity index (χ0v) is 16.8. The van der Waals surface area contributed by atoms with Crippen LogP contribution >= 0.6 is 0 Å². The number of nitrogens with zero attached hydrogens (tertiary/aromatic N) is 2. The number of carbonyl (C=O) groups is 2. The Morgan fingerprint density at radius 2 is 1.88 bits per heavy atom. The minimum atomic E-state index is -0.735. The molecule has 1 aromatic heterocycles. The minimum absolute atomic E-state index is 0.0626. The highest BCUT2D eigenvalue weighted by Gasteiger charge is 2.26. The molecule has 148 valence electrons. The minimum Gasteiger partial charge on any atom is -0.444 e. The van der Waals surface area contributed by atoms with Gasteiger partial charge in [0.15, 0.2) is 5.82 Å². The highest BCUT2D eigenvalue weighted by Crippen LogP contribution is 2.17. The molecular formula is C18H32N4O4. The molecule has 2 amide bonds. The number of aliphatic hydroxyl groups excluding tert-OH is 1. The highest BCUT2D eigenvalue weighted by molar-refractivity contribution is 5.95. The van der Waals surface area contributed by atoms with E-state index in [-0.39, 0.29) is 18.4 Å². The topological polar surface area (TPSA) is 105 Å². The number of imidazole rings is 1. The van der Waals surface area contributed by atoms with Crippen LogP contribution in [0, 0.1) is 5.92 Å². The molecule has 0 unspecified atom stereocenters. The van der Waals surface area contributed by atoms with Crippen molar-refractivity contribution in [1.29, 1.82) is 0 Å². The van der Waals surface area contributed by atoms with Crippen LogP contribution in [0.5, 0.6) is 0 Å². The smallest absolute Gasteiger partial charge is 0.408 e. The highest BCUT2D eigenvalue weighted by atomic mass is 16.6. The molecular weight excluding hydrogens is 336 g/mol. The van der Waals surface area contributed by atoms with Gasteiger partial charge in [0, 0.05) is 6.20 Å². The predicted octanol–water partition coefficient (Wildman–Crippen LogP) is 2.49. The Kier molecular flexibility index (Phi) is 7.20. The second-order valence-corrected chi connectivity index (χ2v) is 8.45. The van der Waals surface area contributed by atoms with Gasteiger partial charge in [-0.2, -0.15) is 0 Å². The van der Waals surface area contributed by atoms with Gasteiger partial charge in [-0.3, -0.25) is 4.79 Å². The van der Waals surface area contributed by atoms with Crippen LogP contribution in [0.15, 0.2) is 12.5 Å². The van der Waals surface area contributed by atoms with E-state index in [1.807, 2.05) is 27.7 Å². The molecule has 0 saturated carbocycles. The molecule has 0 fully saturated rings. The fourth-order valence-corrected chi connectivity index (χ4v) is 2.17. The van der Waals surface area contributed by atoms with E-state index >= 15 is 0 Å². The van der Waals surface area contributed by atoms with Gasteiger partial charge in [0.25, 0.3) is 0 Å². The maximum atomic E-state index is 12.6. The molecule has 26 heavy (non-hydrogen) atoms. The Morgan fingerprint density at radius 3 is 2.38 bits per heavy atom. The SMILES string of the molecule is CC(C)C[C@@H](NC(=O)OC(C)(C)C)C(=O)Nc1cn(C(C)(C)CO)cn1. The average molecular weight is 368 g/mol. The first-order valence-electron chi connectivity index (χ1n) is 8.80. The first-order chi connectivity index (χ1) is 11.8. The van der Waals surface area contributed by atoms with Crippen LogP contribution in [0.1, 0.15) is 54.9 Å².